The summed E-state index contributed by atoms with van der Waals surface area (Å²) in [6, 6.07) is 27.0. The van der Waals surface area contributed by atoms with E-state index in [1.54, 1.807) is 7.11 Å². The molecule has 3 aromatic carbocycles. The summed E-state index contributed by atoms with van der Waals surface area (Å²) in [6.45, 7) is 0. The molecule has 0 aliphatic rings. The Morgan fingerprint density at radius 2 is 1.29 bits per heavy atom. The third-order valence-corrected chi connectivity index (χ3v) is 3.89. The number of para-hydroxylation sites is 2. The van der Waals surface area contributed by atoms with Crippen molar-refractivity contribution in [3.05, 3.63) is 96.1 Å². The van der Waals surface area contributed by atoms with E-state index < -0.39 is 0 Å². The van der Waals surface area contributed by atoms with Gasteiger partial charge in [-0.05, 0) is 23.3 Å². The minimum Gasteiger partial charge on any atom is -0.495 e. The van der Waals surface area contributed by atoms with Gasteiger partial charge in [-0.15, -0.1) is 0 Å². The molecule has 0 aliphatic heterocycles. The highest BCUT2D eigenvalue weighted by Crippen LogP contribution is 2.29. The summed E-state index contributed by atoms with van der Waals surface area (Å²) >= 11 is 0. The Morgan fingerprint density at radius 3 is 1.83 bits per heavy atom. The van der Waals surface area contributed by atoms with Gasteiger partial charge in [0.2, 0.25) is 5.91 Å². The molecule has 0 heterocycles. The fourth-order valence-corrected chi connectivity index (χ4v) is 2.74. The first-order chi connectivity index (χ1) is 11.8. The maximum absolute atomic E-state index is 13.0. The normalized spacial score (nSPS) is 10.4. The third-order valence-electron chi connectivity index (χ3n) is 3.89. The molecule has 0 aliphatic carbocycles. The van der Waals surface area contributed by atoms with Crippen LogP contribution >= 0.6 is 0 Å². The van der Waals surface area contributed by atoms with E-state index in [1.807, 2.05) is 84.9 Å². The van der Waals surface area contributed by atoms with Gasteiger partial charge in [-0.1, -0.05) is 72.8 Å². The van der Waals surface area contributed by atoms with Gasteiger partial charge < -0.3 is 10.1 Å². The number of ether oxygens (including phenoxy) is 1. The van der Waals surface area contributed by atoms with Crippen molar-refractivity contribution in [3.63, 3.8) is 0 Å². The number of carbonyl (C=O) groups is 1. The topological polar surface area (TPSA) is 38.3 Å². The molecule has 0 aromatic heterocycles. The average molecular weight is 317 g/mol. The first-order valence-electron chi connectivity index (χ1n) is 7.83. The van der Waals surface area contributed by atoms with Gasteiger partial charge in [0, 0.05) is 0 Å². The van der Waals surface area contributed by atoms with Crippen LogP contribution in [0.1, 0.15) is 17.0 Å². The zero-order chi connectivity index (χ0) is 16.8. The molecule has 3 heteroatoms. The molecule has 3 aromatic rings. The molecule has 1 amide bonds. The number of rotatable bonds is 5. The molecule has 0 saturated carbocycles. The van der Waals surface area contributed by atoms with Crippen molar-refractivity contribution in [2.75, 3.05) is 12.4 Å². The summed E-state index contributed by atoms with van der Waals surface area (Å²) in [4.78, 5) is 13.0. The number of carbonyl (C=O) groups excluding carboxylic acids is 1. The quantitative estimate of drug-likeness (QED) is 0.754. The largest absolute Gasteiger partial charge is 0.495 e. The van der Waals surface area contributed by atoms with Crippen LogP contribution in [-0.4, -0.2) is 13.0 Å². The van der Waals surface area contributed by atoms with Gasteiger partial charge in [-0.3, -0.25) is 4.79 Å². The van der Waals surface area contributed by atoms with E-state index in [9.17, 15) is 4.79 Å². The van der Waals surface area contributed by atoms with E-state index in [0.717, 1.165) is 11.1 Å². The fourth-order valence-electron chi connectivity index (χ4n) is 2.74. The van der Waals surface area contributed by atoms with Crippen molar-refractivity contribution in [2.24, 2.45) is 0 Å². The van der Waals surface area contributed by atoms with Crippen LogP contribution in [0.2, 0.25) is 0 Å². The monoisotopic (exact) mass is 317 g/mol. The predicted molar refractivity (Wildman–Crippen MR) is 96.4 cm³/mol. The second-order valence-electron chi connectivity index (χ2n) is 5.44. The third kappa shape index (κ3) is 3.46. The van der Waals surface area contributed by atoms with Gasteiger partial charge in [0.25, 0.3) is 0 Å². The number of amides is 1. The predicted octanol–water partition coefficient (Wildman–Crippen LogP) is 4.47. The zero-order valence-electron chi connectivity index (χ0n) is 13.5. The molecule has 0 unspecified atom stereocenters. The van der Waals surface area contributed by atoms with Crippen molar-refractivity contribution in [2.45, 2.75) is 5.92 Å². The fraction of sp³-hybridized carbons (Fsp3) is 0.0952. The van der Waals surface area contributed by atoms with E-state index in [2.05, 4.69) is 5.32 Å². The standard InChI is InChI=1S/C21H19NO2/c1-24-19-15-9-8-14-18(19)22-21(23)20(16-10-4-2-5-11-16)17-12-6-3-7-13-17/h2-15,20H,1H3,(H,22,23). The lowest BCUT2D eigenvalue weighted by molar-refractivity contribution is -0.116. The Labute approximate surface area is 141 Å². The minimum atomic E-state index is -0.377. The Kier molecular flexibility index (Phi) is 4.92. The van der Waals surface area contributed by atoms with Gasteiger partial charge in [-0.2, -0.15) is 0 Å². The van der Waals surface area contributed by atoms with Gasteiger partial charge in [0.1, 0.15) is 5.75 Å². The van der Waals surface area contributed by atoms with E-state index in [-0.39, 0.29) is 11.8 Å². The van der Waals surface area contributed by atoms with Crippen molar-refractivity contribution < 1.29 is 9.53 Å². The summed E-state index contributed by atoms with van der Waals surface area (Å²) in [5.41, 5.74) is 2.58. The van der Waals surface area contributed by atoms with Crippen LogP contribution in [-0.2, 0) is 4.79 Å². The smallest absolute Gasteiger partial charge is 0.236 e. The number of hydrogen-bond donors (Lipinski definition) is 1. The van der Waals surface area contributed by atoms with Crippen LogP contribution in [0.25, 0.3) is 0 Å². The Hall–Kier alpha value is -3.07. The lowest BCUT2D eigenvalue weighted by Crippen LogP contribution is -2.22. The molecule has 24 heavy (non-hydrogen) atoms. The maximum atomic E-state index is 13.0. The van der Waals surface area contributed by atoms with Crippen molar-refractivity contribution in [1.29, 1.82) is 0 Å². The molecule has 0 fully saturated rings. The number of nitrogens with one attached hydrogen (secondary N) is 1. The summed E-state index contributed by atoms with van der Waals surface area (Å²) in [6.07, 6.45) is 0. The van der Waals surface area contributed by atoms with Gasteiger partial charge in [-0.25, -0.2) is 0 Å². The number of methoxy groups -OCH3 is 1. The molecule has 0 saturated heterocycles. The van der Waals surface area contributed by atoms with Crippen LogP contribution in [0.4, 0.5) is 5.69 Å². The Balaban J connectivity index is 1.95. The van der Waals surface area contributed by atoms with Crippen LogP contribution in [0, 0.1) is 0 Å². The van der Waals surface area contributed by atoms with Crippen LogP contribution in [0.3, 0.4) is 0 Å². The highest BCUT2D eigenvalue weighted by atomic mass is 16.5. The highest BCUT2D eigenvalue weighted by molar-refractivity contribution is 5.99. The highest BCUT2D eigenvalue weighted by Gasteiger charge is 2.23. The molecular weight excluding hydrogens is 298 g/mol. The van der Waals surface area contributed by atoms with E-state index in [4.69, 9.17) is 4.74 Å². The van der Waals surface area contributed by atoms with Crippen molar-refractivity contribution in [3.8, 4) is 5.75 Å². The van der Waals surface area contributed by atoms with Gasteiger partial charge >= 0.3 is 0 Å². The number of anilines is 1. The summed E-state index contributed by atoms with van der Waals surface area (Å²) in [7, 11) is 1.59. The second-order valence-corrected chi connectivity index (χ2v) is 5.44. The minimum absolute atomic E-state index is 0.0862. The Bertz CT molecular complexity index is 761. The lowest BCUT2D eigenvalue weighted by Gasteiger charge is -2.19. The van der Waals surface area contributed by atoms with Gasteiger partial charge in [0.15, 0.2) is 0 Å². The first-order valence-corrected chi connectivity index (χ1v) is 7.83. The summed E-state index contributed by atoms with van der Waals surface area (Å²) in [5.74, 6) is 0.180. The molecule has 0 spiro atoms. The molecule has 3 nitrogen and oxygen atoms in total. The second kappa shape index (κ2) is 7.47. The maximum Gasteiger partial charge on any atom is 0.236 e. The first kappa shape index (κ1) is 15.8. The van der Waals surface area contributed by atoms with Crippen LogP contribution in [0.15, 0.2) is 84.9 Å². The summed E-state index contributed by atoms with van der Waals surface area (Å²) in [5, 5.41) is 2.99. The molecule has 0 bridgehead atoms. The zero-order valence-corrected chi connectivity index (χ0v) is 13.5. The average Bonchev–Trinajstić information content (AvgIpc) is 2.64. The number of hydrogen-bond acceptors (Lipinski definition) is 2. The van der Waals surface area contributed by atoms with E-state index in [1.165, 1.54) is 0 Å². The SMILES string of the molecule is COc1ccccc1NC(=O)C(c1ccccc1)c1ccccc1. The molecule has 0 radical (unpaired) electrons. The Morgan fingerprint density at radius 1 is 0.792 bits per heavy atom. The van der Waals surface area contributed by atoms with Crippen LogP contribution < -0.4 is 10.1 Å². The molecule has 1 N–H and O–H groups in total. The lowest BCUT2D eigenvalue weighted by atomic mass is 9.90. The molecule has 120 valence electrons. The van der Waals surface area contributed by atoms with Gasteiger partial charge in [0.05, 0.1) is 18.7 Å². The molecule has 0 atom stereocenters. The summed E-state index contributed by atoms with van der Waals surface area (Å²) < 4.78 is 5.32. The molecule has 3 rings (SSSR count). The van der Waals surface area contributed by atoms with Crippen molar-refractivity contribution in [1.82, 2.24) is 0 Å². The van der Waals surface area contributed by atoms with Crippen molar-refractivity contribution >= 4 is 11.6 Å². The molecular formula is C21H19NO2. The number of benzene rings is 3. The van der Waals surface area contributed by atoms with E-state index >= 15 is 0 Å². The van der Waals surface area contributed by atoms with E-state index in [0.29, 0.717) is 11.4 Å². The van der Waals surface area contributed by atoms with Crippen LogP contribution in [0.5, 0.6) is 5.75 Å².